The lowest BCUT2D eigenvalue weighted by Crippen LogP contribution is -2.27. The van der Waals surface area contributed by atoms with E-state index in [4.69, 9.17) is 10.5 Å². The summed E-state index contributed by atoms with van der Waals surface area (Å²) in [6.07, 6.45) is 1.61. The van der Waals surface area contributed by atoms with Gasteiger partial charge in [-0.15, -0.1) is 0 Å². The summed E-state index contributed by atoms with van der Waals surface area (Å²) in [5.41, 5.74) is 5.59. The molecule has 1 atom stereocenters. The number of sulfonamides is 1. The first-order valence-corrected chi connectivity index (χ1v) is 8.97. The molecule has 0 saturated carbocycles. The van der Waals surface area contributed by atoms with Crippen LogP contribution in [0.4, 0.5) is 4.39 Å². The maximum atomic E-state index is 14.1. The first-order valence-electron chi connectivity index (χ1n) is 6.69. The third-order valence-corrected chi connectivity index (χ3v) is 5.38. The lowest BCUT2D eigenvalue weighted by Gasteiger charge is -2.12. The Labute approximate surface area is 132 Å². The molecule has 1 aromatic rings. The molecule has 3 N–H and O–H groups in total. The van der Waals surface area contributed by atoms with Crippen LogP contribution in [0.15, 0.2) is 21.5 Å². The molecule has 1 fully saturated rings. The lowest BCUT2D eigenvalue weighted by atomic mass is 10.1. The molecule has 1 heterocycles. The molecule has 0 amide bonds. The Bertz CT molecular complexity index is 604. The highest BCUT2D eigenvalue weighted by Gasteiger charge is 2.23. The van der Waals surface area contributed by atoms with Crippen molar-refractivity contribution in [2.24, 2.45) is 11.7 Å². The van der Waals surface area contributed by atoms with Crippen LogP contribution >= 0.6 is 15.9 Å². The smallest absolute Gasteiger partial charge is 0.243 e. The van der Waals surface area contributed by atoms with Crippen LogP contribution < -0.4 is 10.5 Å². The minimum atomic E-state index is -3.89. The Hall–Kier alpha value is -0.540. The summed E-state index contributed by atoms with van der Waals surface area (Å²) in [6, 6.07) is 2.72. The Morgan fingerprint density at radius 2 is 2.24 bits per heavy atom. The second-order valence-electron chi connectivity index (χ2n) is 5.00. The summed E-state index contributed by atoms with van der Waals surface area (Å²) in [6.45, 7) is 1.58. The van der Waals surface area contributed by atoms with Crippen molar-refractivity contribution < 1.29 is 17.5 Å². The van der Waals surface area contributed by atoms with Crippen LogP contribution in [-0.2, 0) is 21.3 Å². The SMILES string of the molecule is NCc1cc(Br)cc(S(=O)(=O)NCCC2CCOC2)c1F. The van der Waals surface area contributed by atoms with E-state index in [0.717, 1.165) is 13.0 Å². The zero-order valence-corrected chi connectivity index (χ0v) is 13.8. The van der Waals surface area contributed by atoms with Gasteiger partial charge in [0.15, 0.2) is 0 Å². The number of ether oxygens (including phenoxy) is 1. The van der Waals surface area contributed by atoms with Crippen LogP contribution in [0.2, 0.25) is 0 Å². The van der Waals surface area contributed by atoms with Gasteiger partial charge in [0, 0.05) is 36.3 Å². The molecule has 5 nitrogen and oxygen atoms in total. The number of hydrogen-bond donors (Lipinski definition) is 2. The topological polar surface area (TPSA) is 81.4 Å². The van der Waals surface area contributed by atoms with Gasteiger partial charge in [-0.2, -0.15) is 0 Å². The van der Waals surface area contributed by atoms with Gasteiger partial charge in [0.1, 0.15) is 10.7 Å². The van der Waals surface area contributed by atoms with Crippen molar-refractivity contribution >= 4 is 26.0 Å². The van der Waals surface area contributed by atoms with E-state index in [-0.39, 0.29) is 23.5 Å². The van der Waals surface area contributed by atoms with E-state index in [1.807, 2.05) is 0 Å². The zero-order chi connectivity index (χ0) is 15.5. The van der Waals surface area contributed by atoms with Crippen LogP contribution in [-0.4, -0.2) is 28.2 Å². The normalized spacial score (nSPS) is 19.1. The number of nitrogens with two attached hydrogens (primary N) is 1. The molecule has 0 aliphatic carbocycles. The van der Waals surface area contributed by atoms with E-state index < -0.39 is 15.8 Å². The van der Waals surface area contributed by atoms with Crippen LogP contribution in [0.1, 0.15) is 18.4 Å². The monoisotopic (exact) mass is 380 g/mol. The number of benzene rings is 1. The summed E-state index contributed by atoms with van der Waals surface area (Å²) in [4.78, 5) is -0.375. The van der Waals surface area contributed by atoms with Gasteiger partial charge in [-0.25, -0.2) is 17.5 Å². The molecule has 1 unspecified atom stereocenters. The second kappa shape index (κ2) is 7.15. The Kier molecular flexibility index (Phi) is 5.73. The van der Waals surface area contributed by atoms with E-state index in [0.29, 0.717) is 23.4 Å². The molecule has 1 saturated heterocycles. The fraction of sp³-hybridized carbons (Fsp3) is 0.538. The summed E-state index contributed by atoms with van der Waals surface area (Å²) in [5.74, 6) is -0.433. The van der Waals surface area contributed by atoms with Crippen molar-refractivity contribution in [2.75, 3.05) is 19.8 Å². The summed E-state index contributed by atoms with van der Waals surface area (Å²) < 4.78 is 46.7. The average molecular weight is 381 g/mol. The maximum Gasteiger partial charge on any atom is 0.243 e. The van der Waals surface area contributed by atoms with E-state index in [9.17, 15) is 12.8 Å². The highest BCUT2D eigenvalue weighted by Crippen LogP contribution is 2.24. The fourth-order valence-electron chi connectivity index (χ4n) is 2.25. The van der Waals surface area contributed by atoms with Gasteiger partial charge in [-0.05, 0) is 30.9 Å². The van der Waals surface area contributed by atoms with Crippen molar-refractivity contribution in [3.63, 3.8) is 0 Å². The average Bonchev–Trinajstić information content (AvgIpc) is 2.93. The second-order valence-corrected chi connectivity index (χ2v) is 7.65. The Balaban J connectivity index is 2.09. The van der Waals surface area contributed by atoms with Gasteiger partial charge in [-0.3, -0.25) is 0 Å². The predicted octanol–water partition coefficient (Wildman–Crippen LogP) is 1.75. The molecule has 21 heavy (non-hydrogen) atoms. The molecular weight excluding hydrogens is 363 g/mol. The largest absolute Gasteiger partial charge is 0.381 e. The van der Waals surface area contributed by atoms with Crippen LogP contribution in [0.5, 0.6) is 0 Å². The quantitative estimate of drug-likeness (QED) is 0.787. The molecule has 118 valence electrons. The van der Waals surface area contributed by atoms with Crippen LogP contribution in [0.3, 0.4) is 0 Å². The Morgan fingerprint density at radius 3 is 2.86 bits per heavy atom. The van der Waals surface area contributed by atoms with Crippen molar-refractivity contribution in [1.29, 1.82) is 0 Å². The van der Waals surface area contributed by atoms with Gasteiger partial charge in [0.25, 0.3) is 0 Å². The Morgan fingerprint density at radius 1 is 1.48 bits per heavy atom. The first-order chi connectivity index (χ1) is 9.94. The first kappa shape index (κ1) is 16.8. The number of halogens is 2. The maximum absolute atomic E-state index is 14.1. The number of hydrogen-bond acceptors (Lipinski definition) is 4. The molecule has 0 aromatic heterocycles. The van der Waals surface area contributed by atoms with E-state index >= 15 is 0 Å². The van der Waals surface area contributed by atoms with Crippen molar-refractivity contribution in [2.45, 2.75) is 24.3 Å². The summed E-state index contributed by atoms with van der Waals surface area (Å²) in [5, 5.41) is 0. The molecule has 1 aliphatic rings. The lowest BCUT2D eigenvalue weighted by molar-refractivity contribution is 0.184. The minimum Gasteiger partial charge on any atom is -0.381 e. The molecule has 1 aromatic carbocycles. The standard InChI is InChI=1S/C13H18BrFN2O3S/c14-11-5-10(7-16)13(15)12(6-11)21(18,19)17-3-1-9-2-4-20-8-9/h5-6,9,17H,1-4,7-8,16H2. The van der Waals surface area contributed by atoms with E-state index in [1.165, 1.54) is 12.1 Å². The summed E-state index contributed by atoms with van der Waals surface area (Å²) >= 11 is 3.17. The third kappa shape index (κ3) is 4.23. The summed E-state index contributed by atoms with van der Waals surface area (Å²) in [7, 11) is -3.89. The van der Waals surface area contributed by atoms with Gasteiger partial charge in [-0.1, -0.05) is 15.9 Å². The van der Waals surface area contributed by atoms with Gasteiger partial charge in [0.2, 0.25) is 10.0 Å². The fourth-order valence-corrected chi connectivity index (χ4v) is 4.10. The molecule has 0 spiro atoms. The van der Waals surface area contributed by atoms with Gasteiger partial charge >= 0.3 is 0 Å². The molecule has 2 rings (SSSR count). The third-order valence-electron chi connectivity index (χ3n) is 3.46. The van der Waals surface area contributed by atoms with Crippen molar-refractivity contribution in [3.05, 3.63) is 28.0 Å². The van der Waals surface area contributed by atoms with Crippen molar-refractivity contribution in [1.82, 2.24) is 4.72 Å². The minimum absolute atomic E-state index is 0.0623. The molecule has 0 bridgehead atoms. The predicted molar refractivity (Wildman–Crippen MR) is 80.7 cm³/mol. The molecule has 0 radical (unpaired) electrons. The van der Waals surface area contributed by atoms with Crippen molar-refractivity contribution in [3.8, 4) is 0 Å². The molecular formula is C13H18BrFN2O3S. The van der Waals surface area contributed by atoms with Gasteiger partial charge in [0.05, 0.1) is 0 Å². The van der Waals surface area contributed by atoms with Gasteiger partial charge < -0.3 is 10.5 Å². The highest BCUT2D eigenvalue weighted by atomic mass is 79.9. The zero-order valence-electron chi connectivity index (χ0n) is 11.4. The number of nitrogens with one attached hydrogen (secondary N) is 1. The molecule has 1 aliphatic heterocycles. The highest BCUT2D eigenvalue weighted by molar-refractivity contribution is 9.10. The van der Waals surface area contributed by atoms with E-state index in [2.05, 4.69) is 20.7 Å². The van der Waals surface area contributed by atoms with Crippen LogP contribution in [0.25, 0.3) is 0 Å². The number of rotatable bonds is 6. The van der Waals surface area contributed by atoms with E-state index in [1.54, 1.807) is 0 Å². The van der Waals surface area contributed by atoms with Crippen LogP contribution in [0, 0.1) is 11.7 Å². The molecule has 8 heteroatoms.